The van der Waals surface area contributed by atoms with Gasteiger partial charge in [-0.2, -0.15) is 0 Å². The van der Waals surface area contributed by atoms with Gasteiger partial charge < -0.3 is 15.2 Å². The third-order valence-electron chi connectivity index (χ3n) is 3.93. The molecule has 1 aromatic rings. The van der Waals surface area contributed by atoms with Gasteiger partial charge in [-0.15, -0.1) is 0 Å². The third-order valence-corrected chi connectivity index (χ3v) is 3.93. The number of amides is 1. The summed E-state index contributed by atoms with van der Waals surface area (Å²) in [7, 11) is 0. The monoisotopic (exact) mass is 291 g/mol. The molecule has 0 radical (unpaired) electrons. The Morgan fingerprint density at radius 1 is 1.38 bits per heavy atom. The Labute approximate surface area is 124 Å². The summed E-state index contributed by atoms with van der Waals surface area (Å²) < 4.78 is 5.09. The first-order chi connectivity index (χ1) is 10.1. The van der Waals surface area contributed by atoms with Crippen LogP contribution in [0.3, 0.4) is 0 Å². The number of ether oxygens (including phenoxy) is 1. The first kappa shape index (κ1) is 15.4. The number of aliphatic carboxylic acids is 1. The van der Waals surface area contributed by atoms with Crippen LogP contribution in [0.25, 0.3) is 0 Å². The maximum atomic E-state index is 11.8. The molecule has 0 heterocycles. The van der Waals surface area contributed by atoms with E-state index in [1.165, 1.54) is 0 Å². The summed E-state index contributed by atoms with van der Waals surface area (Å²) in [4.78, 5) is 23.2. The summed E-state index contributed by atoms with van der Waals surface area (Å²) in [6.07, 6.45) is 2.63. The lowest BCUT2D eigenvalue weighted by atomic mass is 10.1. The molecular formula is C16H21NO4. The molecule has 1 amide bonds. The fraction of sp³-hybridized carbons (Fsp3) is 0.500. The highest BCUT2D eigenvalue weighted by molar-refractivity contribution is 5.88. The standard InChI is InChI=1S/C16H21NO4/c1-2-3-9-13-10-16(13,14(18)19)17-15(20)21-11-12-7-5-4-6-8-12/h4-8,13H,2-3,9-11H2,1H3,(H,17,20)(H,18,19)/t13-,16+/m0/s1. The highest BCUT2D eigenvalue weighted by Gasteiger charge is 2.61. The van der Waals surface area contributed by atoms with Crippen molar-refractivity contribution in [3.8, 4) is 0 Å². The zero-order valence-corrected chi connectivity index (χ0v) is 12.2. The van der Waals surface area contributed by atoms with Gasteiger partial charge in [-0.05, 0) is 24.3 Å². The number of alkyl carbamates (subject to hydrolysis) is 1. The van der Waals surface area contributed by atoms with Gasteiger partial charge in [0.2, 0.25) is 0 Å². The van der Waals surface area contributed by atoms with Gasteiger partial charge in [0.25, 0.3) is 0 Å². The van der Waals surface area contributed by atoms with Gasteiger partial charge in [-0.1, -0.05) is 50.1 Å². The number of hydrogen-bond donors (Lipinski definition) is 2. The van der Waals surface area contributed by atoms with Crippen LogP contribution in [0.2, 0.25) is 0 Å². The molecule has 0 spiro atoms. The van der Waals surface area contributed by atoms with E-state index in [0.717, 1.165) is 24.8 Å². The molecule has 1 saturated carbocycles. The van der Waals surface area contributed by atoms with Crippen LogP contribution in [0.4, 0.5) is 4.79 Å². The molecule has 2 atom stereocenters. The van der Waals surface area contributed by atoms with Crippen LogP contribution in [0.5, 0.6) is 0 Å². The summed E-state index contributed by atoms with van der Waals surface area (Å²) in [5, 5.41) is 11.9. The molecule has 2 N–H and O–H groups in total. The van der Waals surface area contributed by atoms with E-state index < -0.39 is 17.6 Å². The van der Waals surface area contributed by atoms with Crippen molar-refractivity contribution >= 4 is 12.1 Å². The summed E-state index contributed by atoms with van der Waals surface area (Å²) in [5.41, 5.74) is -0.251. The van der Waals surface area contributed by atoms with E-state index in [9.17, 15) is 14.7 Å². The van der Waals surface area contributed by atoms with Gasteiger partial charge >= 0.3 is 12.1 Å². The van der Waals surface area contributed by atoms with Crippen LogP contribution < -0.4 is 5.32 Å². The van der Waals surface area contributed by atoms with E-state index in [1.807, 2.05) is 30.3 Å². The highest BCUT2D eigenvalue weighted by atomic mass is 16.5. The van der Waals surface area contributed by atoms with Gasteiger partial charge in [0.05, 0.1) is 0 Å². The Kier molecular flexibility index (Phi) is 4.83. The quantitative estimate of drug-likeness (QED) is 0.810. The predicted molar refractivity (Wildman–Crippen MR) is 77.8 cm³/mol. The minimum absolute atomic E-state index is 0.0132. The number of unbranched alkanes of at least 4 members (excludes halogenated alkanes) is 1. The second-order valence-electron chi connectivity index (χ2n) is 5.51. The summed E-state index contributed by atoms with van der Waals surface area (Å²) >= 11 is 0. The number of nitrogens with one attached hydrogen (secondary N) is 1. The average molecular weight is 291 g/mol. The number of carbonyl (C=O) groups excluding carboxylic acids is 1. The highest BCUT2D eigenvalue weighted by Crippen LogP contribution is 2.47. The maximum Gasteiger partial charge on any atom is 0.408 e. The molecule has 1 fully saturated rings. The van der Waals surface area contributed by atoms with Gasteiger partial charge in [-0.3, -0.25) is 0 Å². The van der Waals surface area contributed by atoms with Crippen molar-refractivity contribution in [3.63, 3.8) is 0 Å². The minimum Gasteiger partial charge on any atom is -0.479 e. The number of rotatable bonds is 7. The Morgan fingerprint density at radius 3 is 2.71 bits per heavy atom. The van der Waals surface area contributed by atoms with Crippen LogP contribution in [0.1, 0.15) is 38.2 Å². The van der Waals surface area contributed by atoms with Crippen molar-refractivity contribution < 1.29 is 19.4 Å². The summed E-state index contributed by atoms with van der Waals surface area (Å²) in [5.74, 6) is -0.959. The fourth-order valence-corrected chi connectivity index (χ4v) is 2.54. The molecule has 0 aliphatic heterocycles. The predicted octanol–water partition coefficient (Wildman–Crippen LogP) is 2.95. The maximum absolute atomic E-state index is 11.8. The van der Waals surface area contributed by atoms with Gasteiger partial charge in [-0.25, -0.2) is 9.59 Å². The molecule has 21 heavy (non-hydrogen) atoms. The molecule has 1 aliphatic carbocycles. The van der Waals surface area contributed by atoms with Crippen LogP contribution in [0, 0.1) is 5.92 Å². The first-order valence-corrected chi connectivity index (χ1v) is 7.30. The lowest BCUT2D eigenvalue weighted by Crippen LogP contribution is -2.45. The van der Waals surface area contributed by atoms with Crippen LogP contribution in [0.15, 0.2) is 30.3 Å². The molecular weight excluding hydrogens is 270 g/mol. The zero-order valence-electron chi connectivity index (χ0n) is 12.2. The van der Waals surface area contributed by atoms with E-state index in [0.29, 0.717) is 6.42 Å². The van der Waals surface area contributed by atoms with Crippen LogP contribution in [-0.4, -0.2) is 22.7 Å². The van der Waals surface area contributed by atoms with Crippen molar-refractivity contribution in [3.05, 3.63) is 35.9 Å². The van der Waals surface area contributed by atoms with Crippen molar-refractivity contribution in [1.82, 2.24) is 5.32 Å². The average Bonchev–Trinajstić information content (AvgIpc) is 3.18. The third kappa shape index (κ3) is 3.74. The second-order valence-corrected chi connectivity index (χ2v) is 5.51. The molecule has 114 valence electrons. The molecule has 5 nitrogen and oxygen atoms in total. The number of carboxylic acids is 1. The zero-order chi connectivity index (χ0) is 15.3. The molecule has 1 aliphatic rings. The largest absolute Gasteiger partial charge is 0.479 e. The molecule has 0 saturated heterocycles. The Balaban J connectivity index is 1.84. The van der Waals surface area contributed by atoms with Crippen LogP contribution >= 0.6 is 0 Å². The van der Waals surface area contributed by atoms with E-state index >= 15 is 0 Å². The number of carboxylic acid groups (broad SMARTS) is 1. The molecule has 5 heteroatoms. The summed E-state index contributed by atoms with van der Waals surface area (Å²) in [6.45, 7) is 2.20. The lowest BCUT2D eigenvalue weighted by molar-refractivity contribution is -0.141. The lowest BCUT2D eigenvalue weighted by Gasteiger charge is -2.15. The van der Waals surface area contributed by atoms with E-state index in [2.05, 4.69) is 12.2 Å². The Bertz CT molecular complexity index is 502. The number of hydrogen-bond acceptors (Lipinski definition) is 3. The van der Waals surface area contributed by atoms with E-state index in [1.54, 1.807) is 0 Å². The topological polar surface area (TPSA) is 75.6 Å². The molecule has 2 rings (SSSR count). The first-order valence-electron chi connectivity index (χ1n) is 7.30. The fourth-order valence-electron chi connectivity index (χ4n) is 2.54. The molecule has 0 aromatic heterocycles. The van der Waals surface area contributed by atoms with Gasteiger partial charge in [0, 0.05) is 0 Å². The Morgan fingerprint density at radius 2 is 2.10 bits per heavy atom. The van der Waals surface area contributed by atoms with Crippen molar-refractivity contribution in [1.29, 1.82) is 0 Å². The molecule has 0 unspecified atom stereocenters. The smallest absolute Gasteiger partial charge is 0.408 e. The van der Waals surface area contributed by atoms with E-state index in [4.69, 9.17) is 4.74 Å². The van der Waals surface area contributed by atoms with Crippen LogP contribution in [-0.2, 0) is 16.1 Å². The summed E-state index contributed by atoms with van der Waals surface area (Å²) in [6, 6.07) is 9.29. The number of benzene rings is 1. The molecule has 0 bridgehead atoms. The van der Waals surface area contributed by atoms with Gasteiger partial charge in [0.15, 0.2) is 0 Å². The second kappa shape index (κ2) is 6.61. The molecule has 1 aromatic carbocycles. The van der Waals surface area contributed by atoms with Crippen molar-refractivity contribution in [2.24, 2.45) is 5.92 Å². The SMILES string of the molecule is CCCC[C@H]1C[C@]1(NC(=O)OCc1ccccc1)C(=O)O. The Hall–Kier alpha value is -2.04. The van der Waals surface area contributed by atoms with Gasteiger partial charge in [0.1, 0.15) is 12.1 Å². The number of carbonyl (C=O) groups is 2. The van der Waals surface area contributed by atoms with Crippen molar-refractivity contribution in [2.45, 2.75) is 44.8 Å². The van der Waals surface area contributed by atoms with E-state index in [-0.39, 0.29) is 12.5 Å². The normalized spacial score (nSPS) is 23.4. The minimum atomic E-state index is -1.12. The van der Waals surface area contributed by atoms with Crippen molar-refractivity contribution in [2.75, 3.05) is 0 Å².